The number of hydrogen-bond acceptors (Lipinski definition) is 1. The van der Waals surface area contributed by atoms with E-state index in [1.165, 1.54) is 0 Å². The molecule has 0 fully saturated rings. The molecule has 0 aromatic heterocycles. The summed E-state index contributed by atoms with van der Waals surface area (Å²) in [5.74, 6) is 0. The van der Waals surface area contributed by atoms with Crippen LogP contribution in [0.1, 0.15) is 52.4 Å². The van der Waals surface area contributed by atoms with Gasteiger partial charge in [-0.25, -0.2) is 0 Å². The fraction of sp³-hybridized carbons (Fsp3) is 0.750. The van der Waals surface area contributed by atoms with Crippen LogP contribution in [0.3, 0.4) is 0 Å². The van der Waals surface area contributed by atoms with Crippen molar-refractivity contribution in [3.63, 3.8) is 0 Å². The molecule has 0 aliphatic rings. The van der Waals surface area contributed by atoms with Crippen LogP contribution < -0.4 is 0 Å². The van der Waals surface area contributed by atoms with Crippen LogP contribution in [0.5, 0.6) is 0 Å². The van der Waals surface area contributed by atoms with Gasteiger partial charge in [0.05, 0.1) is 0 Å². The Hall–Kier alpha value is -0.590. The van der Waals surface area contributed by atoms with Crippen molar-refractivity contribution in [1.29, 1.82) is 0 Å². The monoisotopic (exact) mass is 182 g/mol. The van der Waals surface area contributed by atoms with Crippen molar-refractivity contribution in [3.05, 3.63) is 12.7 Å². The summed E-state index contributed by atoms with van der Waals surface area (Å²) >= 11 is 0. The lowest BCUT2D eigenvalue weighted by atomic mass is 9.77. The van der Waals surface area contributed by atoms with E-state index in [4.69, 9.17) is 0 Å². The first-order chi connectivity index (χ1) is 6.24. The lowest BCUT2D eigenvalue weighted by Crippen LogP contribution is -2.21. The first-order valence-corrected chi connectivity index (χ1v) is 5.32. The Morgan fingerprint density at radius 2 is 1.92 bits per heavy atom. The molecule has 1 atom stereocenters. The third-order valence-electron chi connectivity index (χ3n) is 2.58. The minimum atomic E-state index is -0.105. The minimum absolute atomic E-state index is 0.105. The summed E-state index contributed by atoms with van der Waals surface area (Å²) in [6.45, 7) is 8.02. The lowest BCUT2D eigenvalue weighted by molar-refractivity contribution is -0.117. The van der Waals surface area contributed by atoms with Gasteiger partial charge in [-0.2, -0.15) is 0 Å². The van der Waals surface area contributed by atoms with E-state index >= 15 is 0 Å². The number of unbranched alkanes of at least 4 members (excludes halogenated alkanes) is 1. The maximum atomic E-state index is 11.1. The summed E-state index contributed by atoms with van der Waals surface area (Å²) in [6.07, 6.45) is 9.27. The van der Waals surface area contributed by atoms with Crippen LogP contribution in [0.25, 0.3) is 0 Å². The molecule has 0 N–H and O–H groups in total. The molecule has 0 rings (SSSR count). The number of carbonyl (C=O) groups is 1. The molecular formula is C12H22O. The number of allylic oxidation sites excluding steroid dienone is 1. The van der Waals surface area contributed by atoms with E-state index in [2.05, 4.69) is 20.4 Å². The van der Waals surface area contributed by atoms with Crippen LogP contribution in [0, 0.1) is 5.41 Å². The summed E-state index contributed by atoms with van der Waals surface area (Å²) in [7, 11) is 0. The molecule has 1 unspecified atom stereocenters. The van der Waals surface area contributed by atoms with Gasteiger partial charge in [0.15, 0.2) is 0 Å². The molecule has 0 amide bonds. The van der Waals surface area contributed by atoms with Gasteiger partial charge in [0.1, 0.15) is 6.29 Å². The smallest absolute Gasteiger partial charge is 0.126 e. The molecular weight excluding hydrogens is 160 g/mol. The number of hydrogen-bond donors (Lipinski definition) is 0. The molecule has 13 heavy (non-hydrogen) atoms. The van der Waals surface area contributed by atoms with Crippen LogP contribution in [-0.4, -0.2) is 6.29 Å². The Labute approximate surface area is 82.2 Å². The first-order valence-electron chi connectivity index (χ1n) is 5.32. The molecule has 0 saturated carbocycles. The highest BCUT2D eigenvalue weighted by Gasteiger charge is 2.26. The van der Waals surface area contributed by atoms with Crippen molar-refractivity contribution in [2.75, 3.05) is 0 Å². The Balaban J connectivity index is 4.23. The van der Waals surface area contributed by atoms with Crippen molar-refractivity contribution < 1.29 is 4.79 Å². The zero-order valence-electron chi connectivity index (χ0n) is 9.01. The molecule has 1 heteroatoms. The van der Waals surface area contributed by atoms with Gasteiger partial charge in [0.25, 0.3) is 0 Å². The van der Waals surface area contributed by atoms with Gasteiger partial charge < -0.3 is 4.79 Å². The molecule has 0 spiro atoms. The minimum Gasteiger partial charge on any atom is -0.303 e. The number of aldehydes is 1. The highest BCUT2D eigenvalue weighted by atomic mass is 16.1. The molecule has 0 aliphatic carbocycles. The van der Waals surface area contributed by atoms with Gasteiger partial charge in [0.2, 0.25) is 0 Å². The fourth-order valence-corrected chi connectivity index (χ4v) is 1.81. The van der Waals surface area contributed by atoms with E-state index in [9.17, 15) is 4.79 Å². The van der Waals surface area contributed by atoms with Crippen LogP contribution in [0.4, 0.5) is 0 Å². The van der Waals surface area contributed by atoms with E-state index < -0.39 is 0 Å². The molecule has 0 heterocycles. The third kappa shape index (κ3) is 4.25. The normalized spacial score (nSPS) is 14.9. The summed E-state index contributed by atoms with van der Waals surface area (Å²) in [5.41, 5.74) is -0.105. The highest BCUT2D eigenvalue weighted by Crippen LogP contribution is 2.32. The Kier molecular flexibility index (Phi) is 6.56. The van der Waals surface area contributed by atoms with E-state index in [-0.39, 0.29) is 5.41 Å². The molecule has 0 bridgehead atoms. The average molecular weight is 182 g/mol. The van der Waals surface area contributed by atoms with Crippen LogP contribution in [0.2, 0.25) is 0 Å². The quantitative estimate of drug-likeness (QED) is 0.413. The standard InChI is InChI=1S/C12H22O/c1-4-7-10-12(11-13,8-5-2)9-6-3/h5,11H,2,4,6-10H2,1,3H3. The fourth-order valence-electron chi connectivity index (χ4n) is 1.81. The maximum absolute atomic E-state index is 11.1. The van der Waals surface area contributed by atoms with Crippen molar-refractivity contribution in [2.45, 2.75) is 52.4 Å². The topological polar surface area (TPSA) is 17.1 Å². The Morgan fingerprint density at radius 3 is 2.31 bits per heavy atom. The summed E-state index contributed by atoms with van der Waals surface area (Å²) in [4.78, 5) is 11.1. The molecule has 0 aromatic carbocycles. The molecule has 0 radical (unpaired) electrons. The average Bonchev–Trinajstić information content (AvgIpc) is 2.15. The summed E-state index contributed by atoms with van der Waals surface area (Å²) in [5, 5.41) is 0. The zero-order chi connectivity index (χ0) is 10.2. The molecule has 76 valence electrons. The first kappa shape index (κ1) is 12.4. The summed E-state index contributed by atoms with van der Waals surface area (Å²) in [6, 6.07) is 0. The van der Waals surface area contributed by atoms with Crippen molar-refractivity contribution >= 4 is 6.29 Å². The SMILES string of the molecule is C=CCC(C=O)(CCC)CCCC. The van der Waals surface area contributed by atoms with Crippen LogP contribution >= 0.6 is 0 Å². The highest BCUT2D eigenvalue weighted by molar-refractivity contribution is 5.59. The van der Waals surface area contributed by atoms with E-state index in [1.54, 1.807) is 0 Å². The van der Waals surface area contributed by atoms with Crippen molar-refractivity contribution in [1.82, 2.24) is 0 Å². The number of rotatable bonds is 8. The van der Waals surface area contributed by atoms with Crippen molar-refractivity contribution in [2.24, 2.45) is 5.41 Å². The molecule has 0 aromatic rings. The predicted molar refractivity (Wildman–Crippen MR) is 57.7 cm³/mol. The molecule has 1 nitrogen and oxygen atoms in total. The number of carbonyl (C=O) groups excluding carboxylic acids is 1. The lowest BCUT2D eigenvalue weighted by Gasteiger charge is -2.26. The molecule has 0 saturated heterocycles. The van der Waals surface area contributed by atoms with Gasteiger partial charge in [-0.15, -0.1) is 6.58 Å². The Bertz CT molecular complexity index is 151. The van der Waals surface area contributed by atoms with Crippen LogP contribution in [0.15, 0.2) is 12.7 Å². The van der Waals surface area contributed by atoms with Crippen molar-refractivity contribution in [3.8, 4) is 0 Å². The van der Waals surface area contributed by atoms with Gasteiger partial charge in [-0.1, -0.05) is 39.2 Å². The van der Waals surface area contributed by atoms with E-state index in [0.717, 1.165) is 44.8 Å². The summed E-state index contributed by atoms with van der Waals surface area (Å²) < 4.78 is 0. The largest absolute Gasteiger partial charge is 0.303 e. The second-order valence-corrected chi connectivity index (χ2v) is 3.83. The Morgan fingerprint density at radius 1 is 1.23 bits per heavy atom. The van der Waals surface area contributed by atoms with Gasteiger partial charge in [-0.3, -0.25) is 0 Å². The second-order valence-electron chi connectivity index (χ2n) is 3.83. The van der Waals surface area contributed by atoms with Crippen LogP contribution in [-0.2, 0) is 4.79 Å². The van der Waals surface area contributed by atoms with Gasteiger partial charge in [-0.05, 0) is 19.3 Å². The second kappa shape index (κ2) is 6.88. The maximum Gasteiger partial charge on any atom is 0.126 e. The van der Waals surface area contributed by atoms with Gasteiger partial charge in [0, 0.05) is 5.41 Å². The van der Waals surface area contributed by atoms with Gasteiger partial charge >= 0.3 is 0 Å². The molecule has 0 aliphatic heterocycles. The predicted octanol–water partition coefficient (Wildman–Crippen LogP) is 3.74. The van der Waals surface area contributed by atoms with E-state index in [1.807, 2.05) is 6.08 Å². The zero-order valence-corrected chi connectivity index (χ0v) is 9.01. The van der Waals surface area contributed by atoms with E-state index in [0.29, 0.717) is 0 Å². The third-order valence-corrected chi connectivity index (χ3v) is 2.58.